The molecule has 0 atom stereocenters. The third-order valence-electron chi connectivity index (χ3n) is 2.90. The summed E-state index contributed by atoms with van der Waals surface area (Å²) >= 11 is 3.40. The first kappa shape index (κ1) is 11.0. The molecule has 2 nitrogen and oxygen atoms in total. The molecule has 0 saturated heterocycles. The Bertz CT molecular complexity index is 207. The number of carboxylic acid groups (broad SMARTS) is 1. The Hall–Kier alpha value is -0.0500. The molecule has 0 amide bonds. The van der Waals surface area contributed by atoms with E-state index in [9.17, 15) is 4.79 Å². The highest BCUT2D eigenvalue weighted by Gasteiger charge is 2.52. The predicted molar refractivity (Wildman–Crippen MR) is 56.1 cm³/mol. The number of halogens is 1. The van der Waals surface area contributed by atoms with E-state index in [0.717, 1.165) is 31.0 Å². The summed E-state index contributed by atoms with van der Waals surface area (Å²) in [4.78, 5) is 11.0. The van der Waals surface area contributed by atoms with Crippen LogP contribution in [0.3, 0.4) is 0 Å². The predicted octanol–water partition coefficient (Wildman–Crippen LogP) is 3.05. The number of alkyl halides is 1. The van der Waals surface area contributed by atoms with Crippen LogP contribution >= 0.6 is 15.9 Å². The van der Waals surface area contributed by atoms with Crippen LogP contribution in [0.5, 0.6) is 0 Å². The summed E-state index contributed by atoms with van der Waals surface area (Å²) in [5.74, 6) is -0.602. The number of hydrogen-bond donors (Lipinski definition) is 1. The third kappa shape index (κ3) is 2.70. The minimum absolute atomic E-state index is 0.151. The number of hydrogen-bond acceptors (Lipinski definition) is 1. The van der Waals surface area contributed by atoms with E-state index in [1.807, 2.05) is 0 Å². The maximum absolute atomic E-state index is 11.0. The van der Waals surface area contributed by atoms with Gasteiger partial charge in [0.2, 0.25) is 0 Å². The van der Waals surface area contributed by atoms with Crippen molar-refractivity contribution in [2.24, 2.45) is 10.8 Å². The zero-order valence-corrected chi connectivity index (χ0v) is 9.85. The van der Waals surface area contributed by atoms with E-state index in [0.29, 0.717) is 0 Å². The van der Waals surface area contributed by atoms with Crippen LogP contribution < -0.4 is 0 Å². The lowest BCUT2D eigenvalue weighted by atomic mass is 9.79. The molecule has 1 rings (SSSR count). The van der Waals surface area contributed by atoms with Gasteiger partial charge in [-0.3, -0.25) is 4.79 Å². The van der Waals surface area contributed by atoms with E-state index >= 15 is 0 Å². The Morgan fingerprint density at radius 1 is 1.54 bits per heavy atom. The maximum atomic E-state index is 11.0. The Labute approximate surface area is 87.8 Å². The molecule has 1 N–H and O–H groups in total. The maximum Gasteiger partial charge on any atom is 0.309 e. The Balaban J connectivity index is 2.52. The molecule has 0 unspecified atom stereocenters. The van der Waals surface area contributed by atoms with Gasteiger partial charge in [-0.15, -0.1) is 0 Å². The van der Waals surface area contributed by atoms with Crippen molar-refractivity contribution in [2.75, 3.05) is 5.33 Å². The average Bonchev–Trinajstić information content (AvgIpc) is 2.67. The molecule has 0 radical (unpaired) electrons. The molecule has 1 saturated carbocycles. The van der Waals surface area contributed by atoms with Crippen LogP contribution in [0, 0.1) is 10.8 Å². The number of rotatable bonds is 5. The molecular formula is C10H17BrO2. The molecule has 1 aliphatic carbocycles. The average molecular weight is 249 g/mol. The highest BCUT2D eigenvalue weighted by Crippen LogP contribution is 2.54. The van der Waals surface area contributed by atoms with Crippen molar-refractivity contribution in [3.05, 3.63) is 0 Å². The summed E-state index contributed by atoms with van der Waals surface area (Å²) in [6.07, 6.45) is 3.60. The minimum Gasteiger partial charge on any atom is -0.481 e. The van der Waals surface area contributed by atoms with Gasteiger partial charge in [0.1, 0.15) is 0 Å². The second-order valence-electron chi connectivity index (χ2n) is 4.87. The van der Waals surface area contributed by atoms with Crippen LogP contribution in [0.2, 0.25) is 0 Å². The van der Waals surface area contributed by atoms with Crippen LogP contribution in [0.15, 0.2) is 0 Å². The SMILES string of the molecule is CC(C)(CCBr)CC1(C(=O)O)CC1. The Morgan fingerprint density at radius 3 is 2.38 bits per heavy atom. The molecule has 13 heavy (non-hydrogen) atoms. The Morgan fingerprint density at radius 2 is 2.08 bits per heavy atom. The third-order valence-corrected chi connectivity index (χ3v) is 3.29. The van der Waals surface area contributed by atoms with Crippen molar-refractivity contribution in [2.45, 2.75) is 39.5 Å². The standard InChI is InChI=1S/C10H17BrO2/c1-9(2,5-6-11)7-10(3-4-10)8(12)13/h3-7H2,1-2H3,(H,12,13). The van der Waals surface area contributed by atoms with Gasteiger partial charge in [0.05, 0.1) is 5.41 Å². The Kier molecular flexibility index (Phi) is 3.05. The van der Waals surface area contributed by atoms with Gasteiger partial charge in [-0.2, -0.15) is 0 Å². The van der Waals surface area contributed by atoms with Gasteiger partial charge >= 0.3 is 5.97 Å². The van der Waals surface area contributed by atoms with E-state index < -0.39 is 5.97 Å². The van der Waals surface area contributed by atoms with E-state index in [-0.39, 0.29) is 10.8 Å². The molecule has 0 aromatic heterocycles. The smallest absolute Gasteiger partial charge is 0.309 e. The van der Waals surface area contributed by atoms with Crippen molar-refractivity contribution in [3.63, 3.8) is 0 Å². The van der Waals surface area contributed by atoms with E-state index in [2.05, 4.69) is 29.8 Å². The first-order valence-corrected chi connectivity index (χ1v) is 5.83. The highest BCUT2D eigenvalue weighted by atomic mass is 79.9. The number of carboxylic acids is 1. The molecule has 0 aromatic carbocycles. The summed E-state index contributed by atoms with van der Waals surface area (Å²) in [5, 5.41) is 9.98. The summed E-state index contributed by atoms with van der Waals surface area (Å²) in [7, 11) is 0. The number of aliphatic carboxylic acids is 1. The van der Waals surface area contributed by atoms with Crippen molar-refractivity contribution in [1.29, 1.82) is 0 Å². The lowest BCUT2D eigenvalue weighted by Gasteiger charge is -2.27. The zero-order chi connectivity index (χ0) is 10.1. The molecule has 0 bridgehead atoms. The molecule has 76 valence electrons. The fourth-order valence-corrected chi connectivity index (χ4v) is 2.95. The van der Waals surface area contributed by atoms with Gasteiger partial charge in [-0.25, -0.2) is 0 Å². The highest BCUT2D eigenvalue weighted by molar-refractivity contribution is 9.09. The number of carbonyl (C=O) groups is 1. The second-order valence-corrected chi connectivity index (χ2v) is 5.66. The van der Waals surface area contributed by atoms with Crippen LogP contribution in [0.1, 0.15) is 39.5 Å². The minimum atomic E-state index is -0.602. The van der Waals surface area contributed by atoms with Crippen LogP contribution in [0.25, 0.3) is 0 Å². The summed E-state index contributed by atoms with van der Waals surface area (Å²) < 4.78 is 0. The normalized spacial score (nSPS) is 19.9. The summed E-state index contributed by atoms with van der Waals surface area (Å²) in [6, 6.07) is 0. The molecule has 0 aliphatic heterocycles. The lowest BCUT2D eigenvalue weighted by Crippen LogP contribution is -2.24. The van der Waals surface area contributed by atoms with Crippen molar-refractivity contribution in [1.82, 2.24) is 0 Å². The van der Waals surface area contributed by atoms with Gasteiger partial charge in [0.15, 0.2) is 0 Å². The van der Waals surface area contributed by atoms with Crippen LogP contribution in [-0.2, 0) is 4.79 Å². The van der Waals surface area contributed by atoms with Crippen molar-refractivity contribution < 1.29 is 9.90 Å². The molecule has 0 aromatic rings. The van der Waals surface area contributed by atoms with Gasteiger partial charge in [-0.05, 0) is 31.1 Å². The fraction of sp³-hybridized carbons (Fsp3) is 0.900. The first-order valence-electron chi connectivity index (χ1n) is 4.71. The molecule has 0 spiro atoms. The van der Waals surface area contributed by atoms with E-state index in [4.69, 9.17) is 5.11 Å². The molecule has 3 heteroatoms. The van der Waals surface area contributed by atoms with E-state index in [1.54, 1.807) is 0 Å². The molecule has 0 heterocycles. The first-order chi connectivity index (χ1) is 5.92. The quantitative estimate of drug-likeness (QED) is 0.760. The summed E-state index contributed by atoms with van der Waals surface area (Å²) in [6.45, 7) is 4.30. The van der Waals surface area contributed by atoms with Gasteiger partial charge in [-0.1, -0.05) is 29.8 Å². The lowest BCUT2D eigenvalue weighted by molar-refractivity contribution is -0.144. The van der Waals surface area contributed by atoms with Crippen LogP contribution in [-0.4, -0.2) is 16.4 Å². The van der Waals surface area contributed by atoms with Gasteiger partial charge < -0.3 is 5.11 Å². The molecule has 1 fully saturated rings. The second kappa shape index (κ2) is 3.60. The molecule has 1 aliphatic rings. The fourth-order valence-electron chi connectivity index (χ4n) is 1.88. The van der Waals surface area contributed by atoms with Gasteiger partial charge in [0, 0.05) is 5.33 Å². The zero-order valence-electron chi connectivity index (χ0n) is 8.27. The van der Waals surface area contributed by atoms with Gasteiger partial charge in [0.25, 0.3) is 0 Å². The van der Waals surface area contributed by atoms with Crippen molar-refractivity contribution in [3.8, 4) is 0 Å². The van der Waals surface area contributed by atoms with E-state index in [1.165, 1.54) is 0 Å². The monoisotopic (exact) mass is 248 g/mol. The van der Waals surface area contributed by atoms with Crippen LogP contribution in [0.4, 0.5) is 0 Å². The van der Waals surface area contributed by atoms with Crippen molar-refractivity contribution >= 4 is 21.9 Å². The molecular weight excluding hydrogens is 232 g/mol. The largest absolute Gasteiger partial charge is 0.481 e. The summed E-state index contributed by atoms with van der Waals surface area (Å²) in [5.41, 5.74) is -0.218. The topological polar surface area (TPSA) is 37.3 Å².